The summed E-state index contributed by atoms with van der Waals surface area (Å²) < 4.78 is 0. The zero-order valence-electron chi connectivity index (χ0n) is 12.1. The first-order chi connectivity index (χ1) is 9.65. The summed E-state index contributed by atoms with van der Waals surface area (Å²) in [5.74, 6) is 2.24. The first-order valence-electron chi connectivity index (χ1n) is 6.92. The predicted octanol–water partition coefficient (Wildman–Crippen LogP) is 3.61. The van der Waals surface area contributed by atoms with Crippen LogP contribution in [-0.4, -0.2) is 6.85 Å². The van der Waals surface area contributed by atoms with Crippen LogP contribution < -0.4 is 10.7 Å². The van der Waals surface area contributed by atoms with Gasteiger partial charge in [-0.05, 0) is 43.8 Å². The highest BCUT2D eigenvalue weighted by molar-refractivity contribution is 7.11. The molecule has 1 nitrogen and oxygen atoms in total. The normalized spacial score (nSPS) is 14.2. The summed E-state index contributed by atoms with van der Waals surface area (Å²) in [5, 5.41) is 5.78. The molecule has 0 atom stereocenters. The second-order valence-corrected chi connectivity index (χ2v) is 6.32. The molecule has 0 saturated carbocycles. The first-order valence-corrected chi connectivity index (χ1v) is 7.80. The van der Waals surface area contributed by atoms with E-state index in [0.29, 0.717) is 0 Å². The van der Waals surface area contributed by atoms with Crippen LogP contribution in [0.5, 0.6) is 0 Å². The van der Waals surface area contributed by atoms with Gasteiger partial charge in [-0.1, -0.05) is 46.9 Å². The van der Waals surface area contributed by atoms with Gasteiger partial charge in [0.15, 0.2) is 0 Å². The van der Waals surface area contributed by atoms with Crippen molar-refractivity contribution in [2.45, 2.75) is 20.8 Å². The molecule has 3 rings (SSSR count). The molecule has 100 valence electrons. The topological polar surface area (TPSA) is 12.0 Å². The van der Waals surface area contributed by atoms with Gasteiger partial charge in [-0.2, -0.15) is 0 Å². The molecule has 1 aliphatic heterocycles. The molecular weight excluding hydrogens is 261 g/mol. The average molecular weight is 279 g/mol. The summed E-state index contributed by atoms with van der Waals surface area (Å²) in [6.07, 6.45) is 4.32. The van der Waals surface area contributed by atoms with Gasteiger partial charge in [0.05, 0.1) is 0 Å². The van der Waals surface area contributed by atoms with E-state index in [1.54, 1.807) is 11.3 Å². The van der Waals surface area contributed by atoms with Crippen molar-refractivity contribution >= 4 is 29.3 Å². The predicted molar refractivity (Wildman–Crippen MR) is 90.6 cm³/mol. The van der Waals surface area contributed by atoms with Crippen molar-refractivity contribution in [3.63, 3.8) is 0 Å². The van der Waals surface area contributed by atoms with Crippen LogP contribution in [0.3, 0.4) is 0 Å². The molecule has 0 amide bonds. The third-order valence-electron chi connectivity index (χ3n) is 3.71. The lowest BCUT2D eigenvalue weighted by Gasteiger charge is -2.22. The van der Waals surface area contributed by atoms with E-state index in [4.69, 9.17) is 0 Å². The zero-order valence-corrected chi connectivity index (χ0v) is 12.9. The molecule has 0 bridgehead atoms. The van der Waals surface area contributed by atoms with E-state index in [0.717, 1.165) is 0 Å². The van der Waals surface area contributed by atoms with Gasteiger partial charge in [0.2, 0.25) is 0 Å². The smallest absolute Gasteiger partial charge is 0.313 e. The fourth-order valence-corrected chi connectivity index (χ4v) is 3.68. The standard InChI is InChI=1S/C17H18BNS/c1-12-10-13(2)17(14(3)11-12)18-8-4-6-15(19-18)16-7-5-9-20-16/h4-11,19H,1-3H3. The molecule has 2 aromatic rings. The Morgan fingerprint density at radius 2 is 1.85 bits per heavy atom. The number of allylic oxidation sites excluding steroid dienone is 2. The molecule has 0 fully saturated rings. The van der Waals surface area contributed by atoms with E-state index in [2.05, 4.69) is 73.8 Å². The SMILES string of the molecule is Cc1cc(C)c(B2C=CC=C(c3cccs3)N2)c(C)c1. The number of hydrogen-bond acceptors (Lipinski definition) is 2. The number of hydrogen-bond donors (Lipinski definition) is 1. The highest BCUT2D eigenvalue weighted by atomic mass is 32.1. The Labute approximate surface area is 125 Å². The molecule has 0 unspecified atom stereocenters. The third kappa shape index (κ3) is 2.46. The summed E-state index contributed by atoms with van der Waals surface area (Å²) in [6, 6.07) is 8.79. The molecule has 1 N–H and O–H groups in total. The fraction of sp³-hybridized carbons (Fsp3) is 0.176. The van der Waals surface area contributed by atoms with Crippen LogP contribution in [0.25, 0.3) is 5.70 Å². The van der Waals surface area contributed by atoms with E-state index in [9.17, 15) is 0 Å². The van der Waals surface area contributed by atoms with E-state index >= 15 is 0 Å². The second-order valence-electron chi connectivity index (χ2n) is 5.38. The van der Waals surface area contributed by atoms with Gasteiger partial charge in [0.25, 0.3) is 0 Å². The molecule has 0 radical (unpaired) electrons. The van der Waals surface area contributed by atoms with Crippen molar-refractivity contribution in [2.75, 3.05) is 0 Å². The first kappa shape index (κ1) is 13.3. The number of aryl methyl sites for hydroxylation is 3. The van der Waals surface area contributed by atoms with Crippen LogP contribution in [0.1, 0.15) is 21.6 Å². The van der Waals surface area contributed by atoms with Gasteiger partial charge in [-0.15, -0.1) is 11.3 Å². The number of thiophene rings is 1. The highest BCUT2D eigenvalue weighted by Crippen LogP contribution is 2.20. The minimum Gasteiger partial charge on any atom is -0.419 e. The van der Waals surface area contributed by atoms with E-state index in [1.165, 1.54) is 32.7 Å². The zero-order chi connectivity index (χ0) is 14.1. The molecule has 3 heteroatoms. The van der Waals surface area contributed by atoms with E-state index in [-0.39, 0.29) is 6.85 Å². The summed E-state index contributed by atoms with van der Waals surface area (Å²) >= 11 is 1.77. The molecule has 2 heterocycles. The van der Waals surface area contributed by atoms with Gasteiger partial charge < -0.3 is 5.23 Å². The summed E-state index contributed by atoms with van der Waals surface area (Å²) in [6.45, 7) is 6.82. The highest BCUT2D eigenvalue weighted by Gasteiger charge is 2.22. The minimum absolute atomic E-state index is 0.262. The molecule has 20 heavy (non-hydrogen) atoms. The maximum Gasteiger partial charge on any atom is 0.313 e. The van der Waals surface area contributed by atoms with Gasteiger partial charge in [0, 0.05) is 10.6 Å². The van der Waals surface area contributed by atoms with Crippen molar-refractivity contribution in [1.82, 2.24) is 5.23 Å². The summed E-state index contributed by atoms with van der Waals surface area (Å²) in [7, 11) is 0. The second kappa shape index (κ2) is 5.33. The quantitative estimate of drug-likeness (QED) is 0.828. The number of benzene rings is 1. The Kier molecular flexibility index (Phi) is 3.54. The van der Waals surface area contributed by atoms with Gasteiger partial charge in [0.1, 0.15) is 0 Å². The van der Waals surface area contributed by atoms with Gasteiger partial charge >= 0.3 is 6.85 Å². The molecule has 0 aliphatic carbocycles. The van der Waals surface area contributed by atoms with Crippen molar-refractivity contribution < 1.29 is 0 Å². The summed E-state index contributed by atoms with van der Waals surface area (Å²) in [4.78, 5) is 1.29. The Morgan fingerprint density at radius 3 is 2.50 bits per heavy atom. The van der Waals surface area contributed by atoms with Crippen molar-refractivity contribution in [1.29, 1.82) is 0 Å². The molecule has 1 aromatic carbocycles. The largest absolute Gasteiger partial charge is 0.419 e. The van der Waals surface area contributed by atoms with Gasteiger partial charge in [-0.25, -0.2) is 0 Å². The van der Waals surface area contributed by atoms with Crippen molar-refractivity contribution in [3.8, 4) is 0 Å². The van der Waals surface area contributed by atoms with E-state index in [1.807, 2.05) is 0 Å². The van der Waals surface area contributed by atoms with Gasteiger partial charge in [-0.3, -0.25) is 0 Å². The summed E-state index contributed by atoms with van der Waals surface area (Å²) in [5.41, 5.74) is 6.66. The Bertz CT molecular complexity index is 660. The van der Waals surface area contributed by atoms with Crippen LogP contribution in [0.15, 0.2) is 47.8 Å². The molecule has 1 aliphatic rings. The lowest BCUT2D eigenvalue weighted by Crippen LogP contribution is -2.46. The van der Waals surface area contributed by atoms with Crippen LogP contribution in [0, 0.1) is 20.8 Å². The average Bonchev–Trinajstić information content (AvgIpc) is 2.91. The molecule has 0 spiro atoms. The Morgan fingerprint density at radius 1 is 1.10 bits per heavy atom. The number of nitrogens with one attached hydrogen (secondary N) is 1. The lowest BCUT2D eigenvalue weighted by molar-refractivity contribution is 1.31. The van der Waals surface area contributed by atoms with Crippen LogP contribution >= 0.6 is 11.3 Å². The number of rotatable bonds is 2. The monoisotopic (exact) mass is 279 g/mol. The van der Waals surface area contributed by atoms with Crippen LogP contribution in [0.4, 0.5) is 0 Å². The Hall–Kier alpha value is -1.74. The lowest BCUT2D eigenvalue weighted by atomic mass is 9.52. The third-order valence-corrected chi connectivity index (χ3v) is 4.62. The fourth-order valence-electron chi connectivity index (χ4n) is 2.96. The van der Waals surface area contributed by atoms with E-state index < -0.39 is 0 Å². The maximum absolute atomic E-state index is 3.66. The maximum atomic E-state index is 3.66. The molecule has 0 saturated heterocycles. The Balaban J connectivity index is 1.94. The minimum atomic E-state index is 0.262. The van der Waals surface area contributed by atoms with Crippen molar-refractivity contribution in [2.24, 2.45) is 0 Å². The van der Waals surface area contributed by atoms with Crippen LogP contribution in [-0.2, 0) is 0 Å². The molecule has 1 aromatic heterocycles. The van der Waals surface area contributed by atoms with Crippen molar-refractivity contribution in [3.05, 3.63) is 69.3 Å². The van der Waals surface area contributed by atoms with Crippen LogP contribution in [0.2, 0.25) is 0 Å². The molecular formula is C17H18BNS.